The Hall–Kier alpha value is -2.17. The third kappa shape index (κ3) is 3.48. The molecule has 2 rings (SSSR count). The van der Waals surface area contributed by atoms with Gasteiger partial charge in [-0.05, 0) is 44.5 Å². The Morgan fingerprint density at radius 3 is 2.67 bits per heavy atom. The first-order valence-electron chi connectivity index (χ1n) is 7.12. The Morgan fingerprint density at radius 2 is 2.05 bits per heavy atom. The summed E-state index contributed by atoms with van der Waals surface area (Å²) in [4.78, 5) is 11.7. The summed E-state index contributed by atoms with van der Waals surface area (Å²) >= 11 is 0. The molecule has 1 heterocycles. The van der Waals surface area contributed by atoms with Gasteiger partial charge in [-0.1, -0.05) is 6.92 Å². The fourth-order valence-electron chi connectivity index (χ4n) is 2.31. The molecule has 0 aliphatic heterocycles. The molecule has 0 fully saturated rings. The van der Waals surface area contributed by atoms with Crippen molar-refractivity contribution < 1.29 is 9.18 Å². The molecule has 1 aromatic carbocycles. The molecule has 1 unspecified atom stereocenters. The molecule has 1 atom stereocenters. The van der Waals surface area contributed by atoms with Crippen molar-refractivity contribution in [3.8, 4) is 5.69 Å². The molecule has 1 aromatic heterocycles. The number of hydrogen-bond donors (Lipinski definition) is 1. The lowest BCUT2D eigenvalue weighted by molar-refractivity contribution is -0.121. The van der Waals surface area contributed by atoms with E-state index in [9.17, 15) is 9.18 Å². The quantitative estimate of drug-likeness (QED) is 0.918. The Morgan fingerprint density at radius 1 is 1.38 bits per heavy atom. The van der Waals surface area contributed by atoms with Crippen LogP contribution in [0.5, 0.6) is 0 Å². The molecule has 4 nitrogen and oxygen atoms in total. The number of rotatable bonds is 5. The zero-order chi connectivity index (χ0) is 15.4. The van der Waals surface area contributed by atoms with E-state index in [4.69, 9.17) is 0 Å². The van der Waals surface area contributed by atoms with Crippen LogP contribution in [0.1, 0.15) is 44.0 Å². The molecular weight excluding hydrogens is 269 g/mol. The van der Waals surface area contributed by atoms with Crippen molar-refractivity contribution in [1.29, 1.82) is 0 Å². The summed E-state index contributed by atoms with van der Waals surface area (Å²) in [7, 11) is 0. The largest absolute Gasteiger partial charge is 0.349 e. The molecule has 0 aliphatic carbocycles. The van der Waals surface area contributed by atoms with E-state index in [-0.39, 0.29) is 17.8 Å². The second-order valence-corrected chi connectivity index (χ2v) is 5.11. The highest BCUT2D eigenvalue weighted by atomic mass is 19.1. The van der Waals surface area contributed by atoms with E-state index < -0.39 is 0 Å². The zero-order valence-corrected chi connectivity index (χ0v) is 12.6. The second kappa shape index (κ2) is 6.52. The normalized spacial score (nSPS) is 12.2. The molecule has 5 heteroatoms. The average Bonchev–Trinajstić information content (AvgIpc) is 2.82. The molecule has 0 radical (unpaired) electrons. The van der Waals surface area contributed by atoms with Crippen LogP contribution in [0, 0.1) is 12.7 Å². The number of hydrogen-bond acceptors (Lipinski definition) is 2. The maximum atomic E-state index is 13.0. The minimum absolute atomic E-state index is 0.0407. The van der Waals surface area contributed by atoms with E-state index in [0.29, 0.717) is 6.42 Å². The van der Waals surface area contributed by atoms with E-state index in [2.05, 4.69) is 10.4 Å². The van der Waals surface area contributed by atoms with Gasteiger partial charge in [-0.25, -0.2) is 9.07 Å². The number of aromatic nitrogens is 2. The Bertz CT molecular complexity index is 619. The van der Waals surface area contributed by atoms with Gasteiger partial charge in [0.15, 0.2) is 0 Å². The minimum Gasteiger partial charge on any atom is -0.349 e. The van der Waals surface area contributed by atoms with Gasteiger partial charge in [-0.2, -0.15) is 5.10 Å². The fraction of sp³-hybridized carbons (Fsp3) is 0.375. The summed E-state index contributed by atoms with van der Waals surface area (Å²) in [5, 5.41) is 7.29. The Kier molecular flexibility index (Phi) is 4.73. The molecule has 0 spiro atoms. The van der Waals surface area contributed by atoms with Gasteiger partial charge in [0.05, 0.1) is 17.9 Å². The standard InChI is InChI=1S/C16H20FN3O/c1-4-5-16(21)19-11(2)15-10-18-20(12(15)3)14-8-6-13(17)7-9-14/h6-11H,4-5H2,1-3H3,(H,19,21). The summed E-state index contributed by atoms with van der Waals surface area (Å²) in [6.07, 6.45) is 3.09. The Labute approximate surface area is 124 Å². The van der Waals surface area contributed by atoms with Gasteiger partial charge in [-0.15, -0.1) is 0 Å². The number of nitrogens with one attached hydrogen (secondary N) is 1. The van der Waals surface area contributed by atoms with Crippen LogP contribution in [0.3, 0.4) is 0 Å². The molecule has 21 heavy (non-hydrogen) atoms. The molecule has 0 saturated carbocycles. The number of halogens is 1. The van der Waals surface area contributed by atoms with Crippen molar-refractivity contribution in [2.45, 2.75) is 39.7 Å². The number of carbonyl (C=O) groups is 1. The van der Waals surface area contributed by atoms with Gasteiger partial charge in [0.25, 0.3) is 0 Å². The highest BCUT2D eigenvalue weighted by Crippen LogP contribution is 2.20. The number of benzene rings is 1. The highest BCUT2D eigenvalue weighted by molar-refractivity contribution is 5.76. The van der Waals surface area contributed by atoms with Crippen molar-refractivity contribution in [1.82, 2.24) is 15.1 Å². The van der Waals surface area contributed by atoms with Gasteiger partial charge in [0.2, 0.25) is 5.91 Å². The van der Waals surface area contributed by atoms with Crippen LogP contribution >= 0.6 is 0 Å². The third-order valence-corrected chi connectivity index (χ3v) is 3.44. The van der Waals surface area contributed by atoms with Crippen LogP contribution in [0.4, 0.5) is 4.39 Å². The fourth-order valence-corrected chi connectivity index (χ4v) is 2.31. The maximum absolute atomic E-state index is 13.0. The first-order valence-corrected chi connectivity index (χ1v) is 7.12. The summed E-state index contributed by atoms with van der Waals surface area (Å²) < 4.78 is 14.7. The lowest BCUT2D eigenvalue weighted by Gasteiger charge is -2.14. The van der Waals surface area contributed by atoms with Crippen molar-refractivity contribution >= 4 is 5.91 Å². The number of nitrogens with zero attached hydrogens (tertiary/aromatic N) is 2. The average molecular weight is 289 g/mol. The predicted molar refractivity (Wildman–Crippen MR) is 79.7 cm³/mol. The third-order valence-electron chi connectivity index (χ3n) is 3.44. The van der Waals surface area contributed by atoms with E-state index in [1.165, 1.54) is 12.1 Å². The van der Waals surface area contributed by atoms with E-state index >= 15 is 0 Å². The van der Waals surface area contributed by atoms with Gasteiger partial charge < -0.3 is 5.32 Å². The van der Waals surface area contributed by atoms with Gasteiger partial charge in [-0.3, -0.25) is 4.79 Å². The SMILES string of the molecule is CCCC(=O)NC(C)c1cnn(-c2ccc(F)cc2)c1C. The van der Waals surface area contributed by atoms with Gasteiger partial charge >= 0.3 is 0 Å². The molecule has 2 aromatic rings. The van der Waals surface area contributed by atoms with Gasteiger partial charge in [0, 0.05) is 17.7 Å². The van der Waals surface area contributed by atoms with Crippen LogP contribution in [0.2, 0.25) is 0 Å². The smallest absolute Gasteiger partial charge is 0.220 e. The topological polar surface area (TPSA) is 46.9 Å². The molecular formula is C16H20FN3O. The zero-order valence-electron chi connectivity index (χ0n) is 12.6. The van der Waals surface area contributed by atoms with E-state index in [1.54, 1.807) is 23.0 Å². The van der Waals surface area contributed by atoms with Gasteiger partial charge in [0.1, 0.15) is 5.82 Å². The van der Waals surface area contributed by atoms with Crippen molar-refractivity contribution in [3.05, 3.63) is 47.5 Å². The molecule has 0 saturated heterocycles. The predicted octanol–water partition coefficient (Wildman–Crippen LogP) is 3.30. The van der Waals surface area contributed by atoms with Crippen molar-refractivity contribution in [3.63, 3.8) is 0 Å². The Balaban J connectivity index is 2.20. The van der Waals surface area contributed by atoms with Crippen LogP contribution in [-0.4, -0.2) is 15.7 Å². The van der Waals surface area contributed by atoms with Crippen LogP contribution in [0.25, 0.3) is 5.69 Å². The monoisotopic (exact) mass is 289 g/mol. The van der Waals surface area contributed by atoms with Crippen LogP contribution < -0.4 is 5.32 Å². The van der Waals surface area contributed by atoms with E-state index in [0.717, 1.165) is 23.4 Å². The lowest BCUT2D eigenvalue weighted by atomic mass is 10.1. The summed E-state index contributed by atoms with van der Waals surface area (Å²) in [5.74, 6) is -0.233. The molecule has 0 aliphatic rings. The number of amides is 1. The number of carbonyl (C=O) groups excluding carboxylic acids is 1. The summed E-state index contributed by atoms with van der Waals surface area (Å²) in [5.41, 5.74) is 2.70. The summed E-state index contributed by atoms with van der Waals surface area (Å²) in [6.45, 7) is 5.85. The second-order valence-electron chi connectivity index (χ2n) is 5.11. The van der Waals surface area contributed by atoms with Crippen LogP contribution in [0.15, 0.2) is 30.5 Å². The molecule has 1 N–H and O–H groups in total. The highest BCUT2D eigenvalue weighted by Gasteiger charge is 2.15. The maximum Gasteiger partial charge on any atom is 0.220 e. The first kappa shape index (κ1) is 15.2. The summed E-state index contributed by atoms with van der Waals surface area (Å²) in [6, 6.07) is 6.07. The molecule has 1 amide bonds. The van der Waals surface area contributed by atoms with E-state index in [1.807, 2.05) is 20.8 Å². The lowest BCUT2D eigenvalue weighted by Crippen LogP contribution is -2.26. The first-order chi connectivity index (χ1) is 10.0. The van der Waals surface area contributed by atoms with Crippen LogP contribution in [-0.2, 0) is 4.79 Å². The molecule has 112 valence electrons. The minimum atomic E-state index is -0.274. The van der Waals surface area contributed by atoms with Crippen molar-refractivity contribution in [2.75, 3.05) is 0 Å². The van der Waals surface area contributed by atoms with Crippen molar-refractivity contribution in [2.24, 2.45) is 0 Å². The molecule has 0 bridgehead atoms.